The average molecular weight is 793 g/mol. The van der Waals surface area contributed by atoms with Gasteiger partial charge in [0.1, 0.15) is 28.9 Å². The summed E-state index contributed by atoms with van der Waals surface area (Å²) >= 11 is 0. The smallest absolute Gasteiger partial charge is 0.548 e. The number of nitrogens with zero attached hydrogens (tertiary/aromatic N) is 3. The van der Waals surface area contributed by atoms with Gasteiger partial charge < -0.3 is 69.0 Å². The van der Waals surface area contributed by atoms with Crippen molar-refractivity contribution in [1.29, 1.82) is 0 Å². The van der Waals surface area contributed by atoms with Gasteiger partial charge in [0.05, 0.1) is 77.9 Å². The predicted molar refractivity (Wildman–Crippen MR) is 146 cm³/mol. The maximum Gasteiger partial charge on any atom is 1.00 e. The van der Waals surface area contributed by atoms with E-state index in [1.807, 2.05) is 0 Å². The van der Waals surface area contributed by atoms with Crippen molar-refractivity contribution in [2.75, 3.05) is 42.8 Å². The summed E-state index contributed by atoms with van der Waals surface area (Å²) in [7, 11) is 0. The third-order valence-corrected chi connectivity index (χ3v) is 6.26. The number of aromatic nitrogens is 2. The van der Waals surface area contributed by atoms with Gasteiger partial charge in [0, 0.05) is 12.1 Å². The SMILES string of the molecule is O=C([O-])CN(CC(=O)[O-])c1ccc(F)cc1OCOc1cc(-c2nc3ccccc3c(=O)[nH]2)c(O)cc1N(CC(=O)[O-])CC(=O)[O-].[K+].[K+].[K+].[K+]. The van der Waals surface area contributed by atoms with Crippen LogP contribution in [0.2, 0.25) is 0 Å². The first kappa shape index (κ1) is 50.2. The van der Waals surface area contributed by atoms with E-state index in [1.54, 1.807) is 12.1 Å². The molecule has 4 aromatic rings. The summed E-state index contributed by atoms with van der Waals surface area (Å²) in [6, 6.07) is 11.0. The molecule has 3 aromatic carbocycles. The molecule has 0 unspecified atom stereocenters. The molecule has 4 rings (SSSR count). The normalized spacial score (nSPS) is 9.86. The molecule has 0 saturated heterocycles. The number of anilines is 2. The number of carbonyl (C=O) groups excluding carboxylic acids is 4. The number of rotatable bonds is 15. The van der Waals surface area contributed by atoms with E-state index in [0.717, 1.165) is 40.1 Å². The van der Waals surface area contributed by atoms with Crippen LogP contribution in [0.5, 0.6) is 17.2 Å². The van der Waals surface area contributed by atoms with Crippen LogP contribution in [-0.4, -0.2) is 71.9 Å². The van der Waals surface area contributed by atoms with Crippen molar-refractivity contribution in [2.24, 2.45) is 0 Å². The zero-order chi connectivity index (χ0) is 33.5. The summed E-state index contributed by atoms with van der Waals surface area (Å²) in [4.78, 5) is 66.2. The maximum atomic E-state index is 14.1. The Bertz CT molecular complexity index is 1870. The van der Waals surface area contributed by atoms with Crippen molar-refractivity contribution in [3.63, 3.8) is 0 Å². The van der Waals surface area contributed by atoms with E-state index < -0.39 is 79.7 Å². The molecule has 0 aliphatic rings. The summed E-state index contributed by atoms with van der Waals surface area (Å²) in [6.07, 6.45) is 0. The van der Waals surface area contributed by atoms with E-state index in [0.29, 0.717) is 0 Å². The molecule has 0 fully saturated rings. The van der Waals surface area contributed by atoms with Crippen molar-refractivity contribution in [3.05, 3.63) is 70.8 Å². The van der Waals surface area contributed by atoms with E-state index in [4.69, 9.17) is 9.47 Å². The van der Waals surface area contributed by atoms with Crippen LogP contribution in [0.15, 0.2) is 59.4 Å². The Morgan fingerprint density at radius 2 is 1.24 bits per heavy atom. The number of aromatic hydroxyl groups is 1. The predicted octanol–water partition coefficient (Wildman–Crippen LogP) is -15.5. The fourth-order valence-electron chi connectivity index (χ4n) is 4.42. The van der Waals surface area contributed by atoms with Gasteiger partial charge in [0.15, 0.2) is 0 Å². The number of para-hydroxylation sites is 1. The molecule has 0 atom stereocenters. The largest absolute Gasteiger partial charge is 1.00 e. The number of H-pyrrole nitrogens is 1. The molecule has 1 aromatic heterocycles. The molecule has 0 aliphatic carbocycles. The molecule has 2 N–H and O–H groups in total. The Morgan fingerprint density at radius 1 is 0.740 bits per heavy atom. The molecule has 240 valence electrons. The van der Waals surface area contributed by atoms with Crippen LogP contribution < -0.4 is 251 Å². The second kappa shape index (κ2) is 23.8. The summed E-state index contributed by atoms with van der Waals surface area (Å²) in [5, 5.41) is 56.4. The van der Waals surface area contributed by atoms with E-state index in [9.17, 15) is 53.9 Å². The van der Waals surface area contributed by atoms with Crippen molar-refractivity contribution in [2.45, 2.75) is 0 Å². The monoisotopic (exact) mass is 792 g/mol. The van der Waals surface area contributed by atoms with Crippen LogP contribution in [0.25, 0.3) is 22.3 Å². The minimum Gasteiger partial charge on any atom is -0.548 e. The number of aliphatic carboxylic acids is 4. The minimum absolute atomic E-state index is 0. The number of hydrogen-bond donors (Lipinski definition) is 2. The van der Waals surface area contributed by atoms with Gasteiger partial charge in [-0.15, -0.1) is 0 Å². The quantitative estimate of drug-likeness (QED) is 0.0838. The second-order valence-electron chi connectivity index (χ2n) is 9.49. The molecule has 0 saturated carbocycles. The number of phenols is 1. The van der Waals surface area contributed by atoms with Crippen molar-refractivity contribution in [3.8, 4) is 28.6 Å². The first-order valence-corrected chi connectivity index (χ1v) is 13.0. The molecule has 0 aliphatic heterocycles. The van der Waals surface area contributed by atoms with E-state index in [-0.39, 0.29) is 245 Å². The Hall–Kier alpha value is 0.155. The number of aromatic amines is 1. The first-order valence-electron chi connectivity index (χ1n) is 13.0. The number of ether oxygens (including phenoxy) is 2. The number of carboxylic acid groups (broad SMARTS) is 4. The van der Waals surface area contributed by atoms with Crippen LogP contribution >= 0.6 is 0 Å². The number of nitrogens with one attached hydrogen (secondary N) is 1. The Balaban J connectivity index is 0.00000600. The van der Waals surface area contributed by atoms with Gasteiger partial charge in [-0.25, -0.2) is 9.37 Å². The zero-order valence-electron chi connectivity index (χ0n) is 27.4. The number of hydrogen-bond acceptors (Lipinski definition) is 15. The van der Waals surface area contributed by atoms with Crippen LogP contribution in [0.3, 0.4) is 0 Å². The van der Waals surface area contributed by atoms with Gasteiger partial charge >= 0.3 is 206 Å². The van der Waals surface area contributed by atoms with Gasteiger partial charge in [-0.2, -0.15) is 0 Å². The number of halogens is 1. The molecular formula is C29H21FK4N4O12. The number of phenolic OH excluding ortho intramolecular Hbond substituents is 1. The van der Waals surface area contributed by atoms with Crippen LogP contribution in [0.1, 0.15) is 0 Å². The molecule has 0 bridgehead atoms. The topological polar surface area (TPSA) is 251 Å². The maximum absolute atomic E-state index is 14.1. The second-order valence-corrected chi connectivity index (χ2v) is 9.49. The molecule has 50 heavy (non-hydrogen) atoms. The standard InChI is InChI=1S/C29H25FN4O12.4K/c30-15-5-6-19(33(10-24(36)37)11-25(38)39)22(7-15)45-14-46-23-8-17(28-31-18-4-2-1-3-16(18)29(44)32-28)21(35)9-20(23)34(12-26(40)41)13-27(42)43;;;;/h1-9,35H,10-14H2,(H,36,37)(H,38,39)(H,40,41)(H,42,43)(H,31,32,44);;;;/q;4*+1/p-4. The van der Waals surface area contributed by atoms with Gasteiger partial charge in [-0.1, -0.05) is 12.1 Å². The van der Waals surface area contributed by atoms with Gasteiger partial charge in [0.25, 0.3) is 5.56 Å². The summed E-state index contributed by atoms with van der Waals surface area (Å²) in [6.45, 7) is -4.76. The number of fused-ring (bicyclic) bond motifs is 1. The number of carbonyl (C=O) groups is 4. The number of carboxylic acids is 4. The van der Waals surface area contributed by atoms with Crippen LogP contribution in [0, 0.1) is 5.82 Å². The van der Waals surface area contributed by atoms with Gasteiger partial charge in [-0.05, 0) is 30.3 Å². The molecule has 0 radical (unpaired) electrons. The summed E-state index contributed by atoms with van der Waals surface area (Å²) < 4.78 is 25.2. The zero-order valence-corrected chi connectivity index (χ0v) is 39.9. The Morgan fingerprint density at radius 3 is 1.78 bits per heavy atom. The molecule has 1 heterocycles. The third-order valence-electron chi connectivity index (χ3n) is 6.26. The summed E-state index contributed by atoms with van der Waals surface area (Å²) in [5.74, 6) is -9.11. The average Bonchev–Trinajstić information content (AvgIpc) is 2.96. The van der Waals surface area contributed by atoms with Gasteiger partial charge in [-0.3, -0.25) is 4.79 Å². The van der Waals surface area contributed by atoms with Crippen molar-refractivity contribution in [1.82, 2.24) is 9.97 Å². The van der Waals surface area contributed by atoms with Crippen LogP contribution in [0.4, 0.5) is 15.8 Å². The molecule has 0 spiro atoms. The molecule has 21 heteroatoms. The summed E-state index contributed by atoms with van der Waals surface area (Å²) in [5.41, 5.74) is -0.997. The molecule has 16 nitrogen and oxygen atoms in total. The van der Waals surface area contributed by atoms with Crippen molar-refractivity contribution >= 4 is 46.2 Å². The molecular weight excluding hydrogens is 772 g/mol. The van der Waals surface area contributed by atoms with Gasteiger partial charge in [0.2, 0.25) is 6.79 Å². The van der Waals surface area contributed by atoms with Crippen molar-refractivity contribution < 1.29 is 264 Å². The minimum atomic E-state index is -1.71. The van der Waals surface area contributed by atoms with E-state index in [1.165, 1.54) is 12.1 Å². The van der Waals surface area contributed by atoms with E-state index in [2.05, 4.69) is 9.97 Å². The first-order chi connectivity index (χ1) is 21.8. The Kier molecular flexibility index (Phi) is 23.9. The molecule has 0 amide bonds. The third kappa shape index (κ3) is 14.4. The van der Waals surface area contributed by atoms with Crippen LogP contribution in [-0.2, 0) is 19.2 Å². The number of benzene rings is 3. The Labute approximate surface area is 452 Å². The van der Waals surface area contributed by atoms with E-state index >= 15 is 0 Å². The fraction of sp³-hybridized carbons (Fsp3) is 0.172. The fourth-order valence-corrected chi connectivity index (χ4v) is 4.42.